The summed E-state index contributed by atoms with van der Waals surface area (Å²) in [7, 11) is 0. The number of carbonyl (C=O) groups is 2. The van der Waals surface area contributed by atoms with Crippen molar-refractivity contribution in [2.75, 3.05) is 11.4 Å². The van der Waals surface area contributed by atoms with E-state index in [2.05, 4.69) is 5.32 Å². The molecule has 0 spiro atoms. The number of amides is 2. The van der Waals surface area contributed by atoms with E-state index in [4.69, 9.17) is 0 Å². The normalized spacial score (nSPS) is 18.8. The standard InChI is InChI=1S/C16H22N2O2/c1-10(2)17-16(20)13-8-15(19)18(9-13)14-6-5-11(3)12(4)7-14/h5-7,10,13H,8-9H2,1-4H3,(H,17,20). The van der Waals surface area contributed by atoms with Gasteiger partial charge >= 0.3 is 0 Å². The number of hydrogen-bond donors (Lipinski definition) is 1. The summed E-state index contributed by atoms with van der Waals surface area (Å²) < 4.78 is 0. The van der Waals surface area contributed by atoms with Crippen molar-refractivity contribution in [3.63, 3.8) is 0 Å². The predicted octanol–water partition coefficient (Wildman–Crippen LogP) is 2.18. The average molecular weight is 274 g/mol. The molecule has 1 fully saturated rings. The van der Waals surface area contributed by atoms with Crippen molar-refractivity contribution in [2.45, 2.75) is 40.2 Å². The zero-order valence-corrected chi connectivity index (χ0v) is 12.6. The van der Waals surface area contributed by atoms with Crippen LogP contribution in [0.2, 0.25) is 0 Å². The highest BCUT2D eigenvalue weighted by Gasteiger charge is 2.35. The molecule has 4 heteroatoms. The maximum absolute atomic E-state index is 12.1. The maximum Gasteiger partial charge on any atom is 0.227 e. The van der Waals surface area contributed by atoms with Crippen molar-refractivity contribution < 1.29 is 9.59 Å². The molecule has 1 unspecified atom stereocenters. The van der Waals surface area contributed by atoms with Gasteiger partial charge in [0, 0.05) is 24.7 Å². The van der Waals surface area contributed by atoms with Crippen molar-refractivity contribution in [2.24, 2.45) is 5.92 Å². The van der Waals surface area contributed by atoms with Gasteiger partial charge in [0.2, 0.25) is 11.8 Å². The molecule has 1 saturated heterocycles. The third kappa shape index (κ3) is 3.00. The Morgan fingerprint density at radius 3 is 2.60 bits per heavy atom. The molecule has 0 radical (unpaired) electrons. The Kier molecular flexibility index (Phi) is 4.12. The van der Waals surface area contributed by atoms with Gasteiger partial charge in [-0.1, -0.05) is 6.07 Å². The second kappa shape index (κ2) is 5.65. The minimum absolute atomic E-state index is 0.0251. The number of aryl methyl sites for hydroxylation is 2. The van der Waals surface area contributed by atoms with Crippen molar-refractivity contribution in [1.29, 1.82) is 0 Å². The van der Waals surface area contributed by atoms with E-state index < -0.39 is 0 Å². The molecule has 1 atom stereocenters. The number of benzene rings is 1. The van der Waals surface area contributed by atoms with Gasteiger partial charge in [-0.25, -0.2) is 0 Å². The number of anilines is 1. The molecule has 0 saturated carbocycles. The smallest absolute Gasteiger partial charge is 0.227 e. The van der Waals surface area contributed by atoms with E-state index in [1.807, 2.05) is 45.9 Å². The van der Waals surface area contributed by atoms with Gasteiger partial charge in [-0.15, -0.1) is 0 Å². The molecule has 4 nitrogen and oxygen atoms in total. The highest BCUT2D eigenvalue weighted by atomic mass is 16.2. The molecule has 1 aliphatic heterocycles. The van der Waals surface area contributed by atoms with E-state index in [1.54, 1.807) is 4.90 Å². The van der Waals surface area contributed by atoms with Crippen LogP contribution in [0.3, 0.4) is 0 Å². The molecule has 1 N–H and O–H groups in total. The summed E-state index contributed by atoms with van der Waals surface area (Å²) in [6.45, 7) is 8.40. The fourth-order valence-corrected chi connectivity index (χ4v) is 2.43. The molecule has 0 aliphatic carbocycles. The SMILES string of the molecule is Cc1ccc(N2CC(C(=O)NC(C)C)CC2=O)cc1C. The van der Waals surface area contributed by atoms with Crippen LogP contribution in [0.15, 0.2) is 18.2 Å². The summed E-state index contributed by atoms with van der Waals surface area (Å²) >= 11 is 0. The minimum atomic E-state index is -0.244. The first-order valence-electron chi connectivity index (χ1n) is 7.06. The Morgan fingerprint density at radius 1 is 1.30 bits per heavy atom. The van der Waals surface area contributed by atoms with Crippen LogP contribution in [0, 0.1) is 19.8 Å². The van der Waals surface area contributed by atoms with Gasteiger partial charge < -0.3 is 10.2 Å². The summed E-state index contributed by atoms with van der Waals surface area (Å²) in [5.74, 6) is -0.247. The fourth-order valence-electron chi connectivity index (χ4n) is 2.43. The number of nitrogens with zero attached hydrogens (tertiary/aromatic N) is 1. The van der Waals surface area contributed by atoms with Crippen LogP contribution in [-0.4, -0.2) is 24.4 Å². The van der Waals surface area contributed by atoms with E-state index in [0.29, 0.717) is 13.0 Å². The molecule has 1 aliphatic rings. The van der Waals surface area contributed by atoms with Crippen LogP contribution in [0.4, 0.5) is 5.69 Å². The zero-order chi connectivity index (χ0) is 14.9. The second-order valence-electron chi connectivity index (χ2n) is 5.84. The minimum Gasteiger partial charge on any atom is -0.354 e. The topological polar surface area (TPSA) is 49.4 Å². The van der Waals surface area contributed by atoms with Gasteiger partial charge in [0.05, 0.1) is 5.92 Å². The van der Waals surface area contributed by atoms with E-state index in [9.17, 15) is 9.59 Å². The lowest BCUT2D eigenvalue weighted by molar-refractivity contribution is -0.126. The van der Waals surface area contributed by atoms with Crippen molar-refractivity contribution >= 4 is 17.5 Å². The highest BCUT2D eigenvalue weighted by Crippen LogP contribution is 2.26. The number of hydrogen-bond acceptors (Lipinski definition) is 2. The molecule has 108 valence electrons. The molecule has 1 heterocycles. The molecule has 2 amide bonds. The second-order valence-corrected chi connectivity index (χ2v) is 5.84. The third-order valence-electron chi connectivity index (χ3n) is 3.73. The summed E-state index contributed by atoms with van der Waals surface area (Å²) in [5, 5.41) is 2.88. The average Bonchev–Trinajstić information content (AvgIpc) is 2.74. The highest BCUT2D eigenvalue weighted by molar-refractivity contribution is 6.00. The van der Waals surface area contributed by atoms with E-state index >= 15 is 0 Å². The summed E-state index contributed by atoms with van der Waals surface area (Å²) in [4.78, 5) is 25.8. The number of rotatable bonds is 3. The Morgan fingerprint density at radius 2 is 2.00 bits per heavy atom. The van der Waals surface area contributed by atoms with Gasteiger partial charge in [0.15, 0.2) is 0 Å². The van der Waals surface area contributed by atoms with E-state index in [1.165, 1.54) is 5.56 Å². The Balaban J connectivity index is 2.13. The Bertz CT molecular complexity index is 537. The van der Waals surface area contributed by atoms with Crippen molar-refractivity contribution in [3.05, 3.63) is 29.3 Å². The molecule has 0 aromatic heterocycles. The van der Waals surface area contributed by atoms with Gasteiger partial charge in [0.1, 0.15) is 0 Å². The van der Waals surface area contributed by atoms with Gasteiger partial charge in [-0.3, -0.25) is 9.59 Å². The molecular weight excluding hydrogens is 252 g/mol. The lowest BCUT2D eigenvalue weighted by Crippen LogP contribution is -2.36. The van der Waals surface area contributed by atoms with Crippen LogP contribution in [0.25, 0.3) is 0 Å². The van der Waals surface area contributed by atoms with Crippen molar-refractivity contribution in [1.82, 2.24) is 5.32 Å². The van der Waals surface area contributed by atoms with Crippen LogP contribution >= 0.6 is 0 Å². The summed E-state index contributed by atoms with van der Waals surface area (Å²) in [5.41, 5.74) is 3.25. The molecule has 1 aromatic rings. The van der Waals surface area contributed by atoms with Crippen LogP contribution in [0.1, 0.15) is 31.4 Å². The number of carbonyl (C=O) groups excluding carboxylic acids is 2. The third-order valence-corrected chi connectivity index (χ3v) is 3.73. The molecule has 20 heavy (non-hydrogen) atoms. The zero-order valence-electron chi connectivity index (χ0n) is 12.6. The Hall–Kier alpha value is -1.84. The largest absolute Gasteiger partial charge is 0.354 e. The van der Waals surface area contributed by atoms with Crippen LogP contribution in [0.5, 0.6) is 0 Å². The first kappa shape index (κ1) is 14.6. The van der Waals surface area contributed by atoms with Crippen LogP contribution in [-0.2, 0) is 9.59 Å². The number of nitrogens with one attached hydrogen (secondary N) is 1. The quantitative estimate of drug-likeness (QED) is 0.918. The monoisotopic (exact) mass is 274 g/mol. The molecule has 1 aromatic carbocycles. The maximum atomic E-state index is 12.1. The summed E-state index contributed by atoms with van der Waals surface area (Å²) in [6.07, 6.45) is 0.297. The van der Waals surface area contributed by atoms with E-state index in [0.717, 1.165) is 11.3 Å². The van der Waals surface area contributed by atoms with Crippen molar-refractivity contribution in [3.8, 4) is 0 Å². The van der Waals surface area contributed by atoms with Crippen LogP contribution < -0.4 is 10.2 Å². The lowest BCUT2D eigenvalue weighted by Gasteiger charge is -2.18. The molecule has 2 rings (SSSR count). The van der Waals surface area contributed by atoms with Gasteiger partial charge in [-0.05, 0) is 51.0 Å². The fraction of sp³-hybridized carbons (Fsp3) is 0.500. The summed E-state index contributed by atoms with van der Waals surface area (Å²) in [6, 6.07) is 6.08. The Labute approximate surface area is 120 Å². The first-order valence-corrected chi connectivity index (χ1v) is 7.06. The first-order chi connectivity index (χ1) is 9.38. The van der Waals surface area contributed by atoms with Gasteiger partial charge in [0.25, 0.3) is 0 Å². The molecular formula is C16H22N2O2. The predicted molar refractivity (Wildman–Crippen MR) is 79.7 cm³/mol. The molecule has 0 bridgehead atoms. The lowest BCUT2D eigenvalue weighted by atomic mass is 10.1. The van der Waals surface area contributed by atoms with Gasteiger partial charge in [-0.2, -0.15) is 0 Å². The van der Waals surface area contributed by atoms with E-state index in [-0.39, 0.29) is 23.8 Å².